The largest absolute Gasteiger partial charge is 0.326 e. The quantitative estimate of drug-likeness (QED) is 0.510. The molecule has 3 amide bonds. The molecule has 1 atom stereocenters. The Hall–Kier alpha value is -2.61. The van der Waals surface area contributed by atoms with Gasteiger partial charge in [0.25, 0.3) is 11.8 Å². The number of carbonyl (C=O) groups excluding carboxylic acids is 3. The summed E-state index contributed by atoms with van der Waals surface area (Å²) in [5.41, 5.74) is 1.80. The first kappa shape index (κ1) is 22.7. The number of benzene rings is 2. The molecule has 0 saturated carbocycles. The van der Waals surface area contributed by atoms with Crippen LogP contribution in [0.2, 0.25) is 10.0 Å². The monoisotopic (exact) mass is 437 g/mol. The van der Waals surface area contributed by atoms with E-state index in [1.165, 1.54) is 6.92 Å². The van der Waals surface area contributed by atoms with E-state index in [2.05, 4.69) is 16.0 Å². The number of amides is 3. The Morgan fingerprint density at radius 1 is 0.793 bits per heavy atom. The zero-order valence-corrected chi connectivity index (χ0v) is 17.7. The smallest absolute Gasteiger partial charge is 0.279 e. The number of quaternary nitrogens is 1. The predicted molar refractivity (Wildman–Crippen MR) is 116 cm³/mol. The average molecular weight is 438 g/mol. The van der Waals surface area contributed by atoms with Gasteiger partial charge in [-0.25, -0.2) is 0 Å². The molecule has 0 bridgehead atoms. The lowest BCUT2D eigenvalue weighted by molar-refractivity contribution is -0.881. The zero-order valence-electron chi connectivity index (χ0n) is 16.1. The molecule has 0 saturated heterocycles. The molecule has 0 aliphatic carbocycles. The van der Waals surface area contributed by atoms with Crippen molar-refractivity contribution in [2.45, 2.75) is 13.8 Å². The Morgan fingerprint density at radius 2 is 1.28 bits per heavy atom. The van der Waals surface area contributed by atoms with Crippen molar-refractivity contribution in [3.8, 4) is 0 Å². The summed E-state index contributed by atoms with van der Waals surface area (Å²) in [6, 6.07) is 11.6. The molecular formula is C20H23Cl2N4O3+. The lowest BCUT2D eigenvalue weighted by Crippen LogP contribution is -3.13. The van der Waals surface area contributed by atoms with Crippen molar-refractivity contribution in [3.05, 3.63) is 52.5 Å². The first-order chi connectivity index (χ1) is 13.8. The summed E-state index contributed by atoms with van der Waals surface area (Å²) in [5, 5.41) is 8.96. The first-order valence-corrected chi connectivity index (χ1v) is 9.78. The summed E-state index contributed by atoms with van der Waals surface area (Å²) in [4.78, 5) is 36.4. The summed E-state index contributed by atoms with van der Waals surface area (Å²) >= 11 is 11.8. The Kier molecular flexibility index (Phi) is 8.45. The van der Waals surface area contributed by atoms with Crippen LogP contribution in [-0.4, -0.2) is 37.4 Å². The minimum Gasteiger partial charge on any atom is -0.326 e. The van der Waals surface area contributed by atoms with Crippen molar-refractivity contribution in [2.24, 2.45) is 0 Å². The maximum absolute atomic E-state index is 12.3. The van der Waals surface area contributed by atoms with Gasteiger partial charge in [0.15, 0.2) is 13.1 Å². The summed E-state index contributed by atoms with van der Waals surface area (Å²) in [6.07, 6.45) is 0. The fourth-order valence-electron chi connectivity index (χ4n) is 2.59. The number of halogens is 2. The number of hydrogen-bond acceptors (Lipinski definition) is 3. The molecule has 7 nitrogen and oxygen atoms in total. The second-order valence-electron chi connectivity index (χ2n) is 6.44. The minimum atomic E-state index is -0.229. The van der Waals surface area contributed by atoms with Gasteiger partial charge in [-0.05, 0) is 49.4 Å². The highest BCUT2D eigenvalue weighted by Gasteiger charge is 2.17. The number of hydrogen-bond donors (Lipinski definition) is 4. The molecular weight excluding hydrogens is 415 g/mol. The van der Waals surface area contributed by atoms with E-state index >= 15 is 0 Å². The molecule has 0 heterocycles. The molecule has 0 radical (unpaired) electrons. The highest BCUT2D eigenvalue weighted by molar-refractivity contribution is 6.42. The highest BCUT2D eigenvalue weighted by atomic mass is 35.5. The third-order valence-electron chi connectivity index (χ3n) is 4.01. The summed E-state index contributed by atoms with van der Waals surface area (Å²) in [7, 11) is 0. The lowest BCUT2D eigenvalue weighted by Gasteiger charge is -2.17. The van der Waals surface area contributed by atoms with Crippen molar-refractivity contribution in [3.63, 3.8) is 0 Å². The molecule has 0 aliphatic rings. The van der Waals surface area contributed by atoms with Crippen molar-refractivity contribution < 1.29 is 19.3 Å². The Bertz CT molecular complexity index is 888. The van der Waals surface area contributed by atoms with Crippen LogP contribution >= 0.6 is 23.2 Å². The van der Waals surface area contributed by atoms with Crippen molar-refractivity contribution in [1.29, 1.82) is 0 Å². The van der Waals surface area contributed by atoms with Crippen LogP contribution in [-0.2, 0) is 14.4 Å². The van der Waals surface area contributed by atoms with E-state index in [0.717, 1.165) is 4.90 Å². The van der Waals surface area contributed by atoms with Gasteiger partial charge in [0.05, 0.1) is 16.6 Å². The summed E-state index contributed by atoms with van der Waals surface area (Å²) in [6.45, 7) is 4.20. The van der Waals surface area contributed by atoms with Crippen LogP contribution in [0.4, 0.5) is 17.1 Å². The third kappa shape index (κ3) is 7.73. The number of nitrogens with one attached hydrogen (secondary N) is 4. The van der Waals surface area contributed by atoms with E-state index in [4.69, 9.17) is 23.2 Å². The number of carbonyl (C=O) groups is 3. The molecule has 0 aliphatic heterocycles. The first-order valence-electron chi connectivity index (χ1n) is 9.02. The van der Waals surface area contributed by atoms with E-state index in [0.29, 0.717) is 33.7 Å². The van der Waals surface area contributed by atoms with Crippen LogP contribution < -0.4 is 20.9 Å². The Balaban J connectivity index is 1.86. The highest BCUT2D eigenvalue weighted by Crippen LogP contribution is 2.24. The molecule has 154 valence electrons. The fourth-order valence-corrected chi connectivity index (χ4v) is 2.89. The normalized spacial score (nSPS) is 11.4. The van der Waals surface area contributed by atoms with Gasteiger partial charge < -0.3 is 20.9 Å². The van der Waals surface area contributed by atoms with E-state index in [-0.39, 0.29) is 30.8 Å². The lowest BCUT2D eigenvalue weighted by atomic mass is 10.2. The molecule has 1 unspecified atom stereocenters. The Labute approximate surface area is 179 Å². The van der Waals surface area contributed by atoms with Crippen molar-refractivity contribution >= 4 is 58.0 Å². The second kappa shape index (κ2) is 10.8. The molecule has 0 fully saturated rings. The number of likely N-dealkylation sites (N-methyl/N-ethyl adjacent to an activating group) is 1. The van der Waals surface area contributed by atoms with Crippen molar-refractivity contribution in [1.82, 2.24) is 0 Å². The number of anilines is 3. The molecule has 29 heavy (non-hydrogen) atoms. The molecule has 2 rings (SSSR count). The van der Waals surface area contributed by atoms with E-state index in [1.54, 1.807) is 42.5 Å². The average Bonchev–Trinajstić information content (AvgIpc) is 2.65. The van der Waals surface area contributed by atoms with Crippen LogP contribution in [0.25, 0.3) is 0 Å². The van der Waals surface area contributed by atoms with Crippen LogP contribution in [0.3, 0.4) is 0 Å². The molecule has 2 aromatic rings. The third-order valence-corrected chi connectivity index (χ3v) is 4.75. The molecule has 2 aromatic carbocycles. The molecule has 0 aromatic heterocycles. The second-order valence-corrected chi connectivity index (χ2v) is 7.26. The Morgan fingerprint density at radius 3 is 1.76 bits per heavy atom. The van der Waals surface area contributed by atoms with Crippen LogP contribution in [0.15, 0.2) is 42.5 Å². The van der Waals surface area contributed by atoms with Gasteiger partial charge >= 0.3 is 0 Å². The molecule has 9 heteroatoms. The fraction of sp³-hybridized carbons (Fsp3) is 0.250. The van der Waals surface area contributed by atoms with Crippen molar-refractivity contribution in [2.75, 3.05) is 35.6 Å². The maximum Gasteiger partial charge on any atom is 0.279 e. The van der Waals surface area contributed by atoms with Gasteiger partial charge in [-0.3, -0.25) is 14.4 Å². The van der Waals surface area contributed by atoms with Gasteiger partial charge in [-0.1, -0.05) is 23.2 Å². The molecule has 4 N–H and O–H groups in total. The van der Waals surface area contributed by atoms with Gasteiger partial charge in [0.2, 0.25) is 5.91 Å². The maximum atomic E-state index is 12.3. The van der Waals surface area contributed by atoms with Gasteiger partial charge in [-0.15, -0.1) is 0 Å². The van der Waals surface area contributed by atoms with E-state index in [9.17, 15) is 14.4 Å². The zero-order chi connectivity index (χ0) is 21.4. The number of rotatable bonds is 8. The summed E-state index contributed by atoms with van der Waals surface area (Å²) in [5.74, 6) is -0.604. The van der Waals surface area contributed by atoms with Gasteiger partial charge in [-0.2, -0.15) is 0 Å². The van der Waals surface area contributed by atoms with E-state index in [1.807, 2.05) is 6.92 Å². The van der Waals surface area contributed by atoms with Crippen LogP contribution in [0.1, 0.15) is 13.8 Å². The van der Waals surface area contributed by atoms with Gasteiger partial charge in [0.1, 0.15) is 0 Å². The minimum absolute atomic E-state index is 0.131. The predicted octanol–water partition coefficient (Wildman–Crippen LogP) is 2.43. The van der Waals surface area contributed by atoms with Crippen LogP contribution in [0, 0.1) is 0 Å². The van der Waals surface area contributed by atoms with Gasteiger partial charge in [0, 0.05) is 24.0 Å². The molecule has 0 spiro atoms. The van der Waals surface area contributed by atoms with Crippen LogP contribution in [0.5, 0.6) is 0 Å². The standard InChI is InChI=1S/C20H22Cl2N4O3/c1-3-26(12-20(29)25-16-8-9-17(21)18(22)10-16)11-19(28)24-15-6-4-14(5-7-15)23-13(2)27/h4-10H,3,11-12H2,1-2H3,(H,23,27)(H,24,28)(H,25,29)/p+1. The SMILES string of the molecule is CC[NH+](CC(=O)Nc1ccc(NC(C)=O)cc1)CC(=O)Nc1ccc(Cl)c(Cl)c1. The topological polar surface area (TPSA) is 91.7 Å². The summed E-state index contributed by atoms with van der Waals surface area (Å²) < 4.78 is 0. The van der Waals surface area contributed by atoms with E-state index < -0.39 is 0 Å².